The molecule has 1 aromatic carbocycles. The molecule has 1 aromatic heterocycles. The van der Waals surface area contributed by atoms with E-state index in [2.05, 4.69) is 9.72 Å². The van der Waals surface area contributed by atoms with Crippen LogP contribution in [0.1, 0.15) is 21.6 Å². The molecule has 2 aromatic rings. The third kappa shape index (κ3) is 3.07. The Hall–Kier alpha value is -2.45. The van der Waals surface area contributed by atoms with E-state index in [0.29, 0.717) is 6.07 Å². The Morgan fingerprint density at radius 3 is 2.41 bits per heavy atom. The maximum absolute atomic E-state index is 13.1. The number of carbonyl (C=O) groups is 1. The first-order valence-corrected chi connectivity index (χ1v) is 5.80. The lowest BCUT2D eigenvalue weighted by Gasteiger charge is -2.14. The van der Waals surface area contributed by atoms with Crippen molar-refractivity contribution in [3.63, 3.8) is 0 Å². The Morgan fingerprint density at radius 1 is 1.27 bits per heavy atom. The van der Waals surface area contributed by atoms with Crippen molar-refractivity contribution in [3.05, 3.63) is 35.0 Å². The zero-order chi connectivity index (χ0) is 16.7. The highest BCUT2D eigenvalue weighted by atomic mass is 19.4. The number of carboxylic acid groups (broad SMARTS) is 1. The molecule has 118 valence electrons. The van der Waals surface area contributed by atoms with Crippen molar-refractivity contribution < 1.29 is 36.6 Å². The van der Waals surface area contributed by atoms with E-state index < -0.39 is 41.3 Å². The van der Waals surface area contributed by atoms with Gasteiger partial charge in [0.15, 0.2) is 0 Å². The number of pyridine rings is 1. The first kappa shape index (κ1) is 15.9. The van der Waals surface area contributed by atoms with Gasteiger partial charge in [-0.05, 0) is 30.7 Å². The molecule has 1 N–H and O–H groups in total. The van der Waals surface area contributed by atoms with Crippen LogP contribution in [0.4, 0.5) is 22.0 Å². The van der Waals surface area contributed by atoms with Gasteiger partial charge in [-0.2, -0.15) is 22.0 Å². The zero-order valence-electron chi connectivity index (χ0n) is 10.9. The fourth-order valence-electron chi connectivity index (χ4n) is 1.96. The van der Waals surface area contributed by atoms with E-state index in [0.717, 1.165) is 12.1 Å². The molecule has 0 atom stereocenters. The number of hydrogen-bond acceptors (Lipinski definition) is 3. The van der Waals surface area contributed by atoms with Gasteiger partial charge in [0.1, 0.15) is 11.4 Å². The average molecular weight is 321 g/mol. The van der Waals surface area contributed by atoms with Gasteiger partial charge >= 0.3 is 18.8 Å². The molecule has 0 aliphatic rings. The van der Waals surface area contributed by atoms with E-state index in [1.807, 2.05) is 0 Å². The van der Waals surface area contributed by atoms with Gasteiger partial charge in [0, 0.05) is 5.39 Å². The van der Waals surface area contributed by atoms with Crippen LogP contribution in [0.25, 0.3) is 10.9 Å². The van der Waals surface area contributed by atoms with E-state index in [4.69, 9.17) is 5.11 Å². The van der Waals surface area contributed by atoms with E-state index in [9.17, 15) is 26.7 Å². The molecule has 0 unspecified atom stereocenters. The van der Waals surface area contributed by atoms with E-state index in [1.165, 1.54) is 6.92 Å². The Kier molecular flexibility index (Phi) is 3.90. The summed E-state index contributed by atoms with van der Waals surface area (Å²) in [4.78, 5) is 14.4. The summed E-state index contributed by atoms with van der Waals surface area (Å²) >= 11 is 0. The summed E-state index contributed by atoms with van der Waals surface area (Å²) in [6.07, 6.45) is -4.91. The molecule has 1 heterocycles. The Bertz CT molecular complexity index is 743. The Morgan fingerprint density at radius 2 is 1.91 bits per heavy atom. The number of carboxylic acids is 1. The largest absolute Gasteiger partial charge is 0.477 e. The summed E-state index contributed by atoms with van der Waals surface area (Å²) in [5, 5.41) is 8.75. The minimum atomic E-state index is -4.91. The lowest BCUT2D eigenvalue weighted by molar-refractivity contribution is -0.136. The molecule has 0 aliphatic carbocycles. The maximum atomic E-state index is 13.1. The molecule has 0 saturated heterocycles. The maximum Gasteiger partial charge on any atom is 0.418 e. The van der Waals surface area contributed by atoms with Gasteiger partial charge in [-0.25, -0.2) is 9.78 Å². The van der Waals surface area contributed by atoms with Gasteiger partial charge in [0.2, 0.25) is 0 Å². The summed E-state index contributed by atoms with van der Waals surface area (Å²) < 4.78 is 67.7. The second-order valence-electron chi connectivity index (χ2n) is 4.37. The van der Waals surface area contributed by atoms with Crippen LogP contribution in [-0.2, 0) is 6.18 Å². The van der Waals surface area contributed by atoms with Crippen LogP contribution in [0.5, 0.6) is 5.75 Å². The number of rotatable bonds is 3. The Balaban J connectivity index is 2.82. The number of alkyl halides is 5. The number of benzene rings is 1. The van der Waals surface area contributed by atoms with Crippen LogP contribution in [0.2, 0.25) is 0 Å². The summed E-state index contributed by atoms with van der Waals surface area (Å²) in [7, 11) is 0. The molecule has 4 nitrogen and oxygen atoms in total. The number of aromatic carboxylic acids is 1. The highest BCUT2D eigenvalue weighted by Crippen LogP contribution is 2.38. The molecule has 22 heavy (non-hydrogen) atoms. The van der Waals surface area contributed by atoms with Crippen molar-refractivity contribution in [2.45, 2.75) is 19.7 Å². The summed E-state index contributed by atoms with van der Waals surface area (Å²) in [5.41, 5.74) is -2.40. The number of fused-ring (bicyclic) bond motifs is 1. The third-order valence-electron chi connectivity index (χ3n) is 2.84. The lowest BCUT2D eigenvalue weighted by atomic mass is 10.0. The van der Waals surface area contributed by atoms with E-state index >= 15 is 0 Å². The lowest BCUT2D eigenvalue weighted by Crippen LogP contribution is -2.11. The first-order valence-electron chi connectivity index (χ1n) is 5.80. The second kappa shape index (κ2) is 5.39. The smallest absolute Gasteiger partial charge is 0.418 e. The third-order valence-corrected chi connectivity index (χ3v) is 2.84. The van der Waals surface area contributed by atoms with Crippen molar-refractivity contribution in [2.75, 3.05) is 0 Å². The predicted octanol–water partition coefficient (Wildman–Crippen LogP) is 3.86. The minimum absolute atomic E-state index is 0.115. The van der Waals surface area contributed by atoms with Crippen molar-refractivity contribution in [3.8, 4) is 5.75 Å². The van der Waals surface area contributed by atoms with Crippen molar-refractivity contribution in [1.82, 2.24) is 4.98 Å². The molecule has 0 fully saturated rings. The molecule has 2 rings (SSSR count). The standard InChI is InChI=1S/C13H8F5NO3/c1-5-2-9(11(20)21)19-10-7(5)3-6(22-12(14)15)4-8(10)13(16,17)18/h2-4,12H,1H3,(H,20,21). The molecule has 9 heteroatoms. The van der Waals surface area contributed by atoms with Gasteiger partial charge in [-0.15, -0.1) is 0 Å². The number of hydrogen-bond donors (Lipinski definition) is 1. The monoisotopic (exact) mass is 321 g/mol. The van der Waals surface area contributed by atoms with Crippen LogP contribution in [0.15, 0.2) is 18.2 Å². The molecule has 0 spiro atoms. The summed E-state index contributed by atoms with van der Waals surface area (Å²) in [5.74, 6) is -2.17. The molecule has 0 amide bonds. The predicted molar refractivity (Wildman–Crippen MR) is 65.1 cm³/mol. The molecule has 0 bridgehead atoms. The highest BCUT2D eigenvalue weighted by molar-refractivity contribution is 5.93. The minimum Gasteiger partial charge on any atom is -0.477 e. The molecule has 0 radical (unpaired) electrons. The van der Waals surface area contributed by atoms with Crippen LogP contribution in [0, 0.1) is 6.92 Å². The normalized spacial score (nSPS) is 12.0. The number of ether oxygens (including phenoxy) is 1. The first-order chi connectivity index (χ1) is 10.1. The van der Waals surface area contributed by atoms with Crippen molar-refractivity contribution in [2.24, 2.45) is 0 Å². The van der Waals surface area contributed by atoms with Crippen LogP contribution >= 0.6 is 0 Å². The van der Waals surface area contributed by atoms with E-state index in [-0.39, 0.29) is 10.9 Å². The topological polar surface area (TPSA) is 59.4 Å². The van der Waals surface area contributed by atoms with Gasteiger partial charge in [0.05, 0.1) is 11.1 Å². The number of aromatic nitrogens is 1. The number of aryl methyl sites for hydroxylation is 1. The van der Waals surface area contributed by atoms with Gasteiger partial charge in [-0.3, -0.25) is 0 Å². The SMILES string of the molecule is Cc1cc(C(=O)O)nc2c(C(F)(F)F)cc(OC(F)F)cc12. The van der Waals surface area contributed by atoms with Crippen LogP contribution < -0.4 is 4.74 Å². The van der Waals surface area contributed by atoms with Gasteiger partial charge in [0.25, 0.3) is 0 Å². The summed E-state index contributed by atoms with van der Waals surface area (Å²) in [6.45, 7) is -1.94. The number of nitrogens with zero attached hydrogens (tertiary/aromatic N) is 1. The van der Waals surface area contributed by atoms with Crippen LogP contribution in [-0.4, -0.2) is 22.7 Å². The molecule has 0 aliphatic heterocycles. The quantitative estimate of drug-likeness (QED) is 0.872. The fourth-order valence-corrected chi connectivity index (χ4v) is 1.96. The van der Waals surface area contributed by atoms with Crippen molar-refractivity contribution in [1.29, 1.82) is 0 Å². The zero-order valence-corrected chi connectivity index (χ0v) is 10.9. The van der Waals surface area contributed by atoms with Crippen LogP contribution in [0.3, 0.4) is 0 Å². The molecule has 0 saturated carbocycles. The fraction of sp³-hybridized carbons (Fsp3) is 0.231. The Labute approximate surface area is 120 Å². The summed E-state index contributed by atoms with van der Waals surface area (Å²) in [6, 6.07) is 2.38. The van der Waals surface area contributed by atoms with Crippen molar-refractivity contribution >= 4 is 16.9 Å². The average Bonchev–Trinajstić information content (AvgIpc) is 2.36. The van der Waals surface area contributed by atoms with Gasteiger partial charge in [-0.1, -0.05) is 0 Å². The molecular weight excluding hydrogens is 313 g/mol. The van der Waals surface area contributed by atoms with E-state index in [1.54, 1.807) is 0 Å². The van der Waals surface area contributed by atoms with Gasteiger partial charge < -0.3 is 9.84 Å². The molecular formula is C13H8F5NO3. The second-order valence-corrected chi connectivity index (χ2v) is 4.37. The number of halogens is 5. The highest BCUT2D eigenvalue weighted by Gasteiger charge is 2.35.